The van der Waals surface area contributed by atoms with Gasteiger partial charge in [-0.25, -0.2) is 9.78 Å². The molecule has 31 heavy (non-hydrogen) atoms. The number of hydrogen-bond acceptors (Lipinski definition) is 5. The molecular formula is C21H26BrF2N3O4. The highest BCUT2D eigenvalue weighted by Gasteiger charge is 2.62. The van der Waals surface area contributed by atoms with Crippen LogP contribution < -0.4 is 0 Å². The average molecular weight is 502 g/mol. The summed E-state index contributed by atoms with van der Waals surface area (Å²) in [6, 6.07) is 1.69. The number of aromatic nitrogens is 2. The molecule has 1 amide bonds. The number of carbonyl (C=O) groups is 1. The zero-order valence-corrected chi connectivity index (χ0v) is 19.5. The van der Waals surface area contributed by atoms with Crippen molar-refractivity contribution in [3.05, 3.63) is 28.5 Å². The van der Waals surface area contributed by atoms with Gasteiger partial charge in [-0.3, -0.25) is 0 Å². The van der Waals surface area contributed by atoms with Crippen molar-refractivity contribution in [2.24, 2.45) is 0 Å². The minimum absolute atomic E-state index is 0.0585. The number of rotatable bonds is 1. The molecule has 2 fully saturated rings. The molecule has 0 radical (unpaired) electrons. The van der Waals surface area contributed by atoms with Gasteiger partial charge in [0.25, 0.3) is 0 Å². The summed E-state index contributed by atoms with van der Waals surface area (Å²) in [5.74, 6) is -5.42. The second-order valence-electron chi connectivity index (χ2n) is 9.13. The van der Waals surface area contributed by atoms with E-state index in [1.54, 1.807) is 27.0 Å². The number of alkyl halides is 2. The van der Waals surface area contributed by atoms with E-state index in [0.717, 1.165) is 26.0 Å². The molecule has 0 N–H and O–H groups in total. The number of likely N-dealkylation sites (tertiary alicyclic amines) is 1. The van der Waals surface area contributed by atoms with Gasteiger partial charge in [0.1, 0.15) is 11.2 Å². The predicted octanol–water partition coefficient (Wildman–Crippen LogP) is 4.67. The number of ether oxygens (including phenoxy) is 3. The van der Waals surface area contributed by atoms with E-state index < -0.39 is 29.9 Å². The monoisotopic (exact) mass is 501 g/mol. The fourth-order valence-electron chi connectivity index (χ4n) is 4.00. The molecule has 1 spiro atoms. The Morgan fingerprint density at radius 2 is 2.00 bits per heavy atom. The number of hydrogen-bond donors (Lipinski definition) is 0. The van der Waals surface area contributed by atoms with Crippen molar-refractivity contribution in [3.63, 3.8) is 0 Å². The van der Waals surface area contributed by atoms with Crippen LogP contribution in [0.15, 0.2) is 22.9 Å². The molecule has 2 saturated heterocycles. The molecule has 0 aliphatic carbocycles. The lowest BCUT2D eigenvalue weighted by molar-refractivity contribution is -0.378. The van der Waals surface area contributed by atoms with E-state index in [9.17, 15) is 4.79 Å². The summed E-state index contributed by atoms with van der Waals surface area (Å²) < 4.78 is 49.6. The SMILES string of the molecule is Cc1cn(C2COC3(CCN(C(=O)OC(C)(C)C)CC3(F)F)OC2)c2ncc(Br)cc12. The van der Waals surface area contributed by atoms with Gasteiger partial charge in [0.15, 0.2) is 0 Å². The van der Waals surface area contributed by atoms with Crippen LogP contribution in [0, 0.1) is 6.92 Å². The number of amides is 1. The topological polar surface area (TPSA) is 65.8 Å². The van der Waals surface area contributed by atoms with Crippen LogP contribution >= 0.6 is 15.9 Å². The van der Waals surface area contributed by atoms with Crippen molar-refractivity contribution in [3.8, 4) is 0 Å². The first kappa shape index (κ1) is 22.4. The molecule has 2 aliphatic heterocycles. The summed E-state index contributed by atoms with van der Waals surface area (Å²) in [5, 5.41) is 0.977. The van der Waals surface area contributed by atoms with Crippen LogP contribution in [0.5, 0.6) is 0 Å². The van der Waals surface area contributed by atoms with E-state index in [1.165, 1.54) is 0 Å². The molecule has 0 unspecified atom stereocenters. The van der Waals surface area contributed by atoms with Gasteiger partial charge in [-0.05, 0) is 55.3 Å². The van der Waals surface area contributed by atoms with E-state index in [0.29, 0.717) is 0 Å². The molecule has 2 aromatic heterocycles. The normalized spacial score (nSPS) is 26.4. The number of pyridine rings is 1. The first-order valence-corrected chi connectivity index (χ1v) is 11.0. The Morgan fingerprint density at radius 1 is 1.32 bits per heavy atom. The van der Waals surface area contributed by atoms with Crippen LogP contribution in [-0.2, 0) is 14.2 Å². The van der Waals surface area contributed by atoms with Gasteiger partial charge in [0.2, 0.25) is 5.79 Å². The van der Waals surface area contributed by atoms with Crippen LogP contribution in [0.3, 0.4) is 0 Å². The summed E-state index contributed by atoms with van der Waals surface area (Å²) in [6.45, 7) is 6.43. The number of fused-ring (bicyclic) bond motifs is 1. The standard InChI is InChI=1S/C21H26BrF2N3O4/c1-13-9-27(17-16(13)7-14(22)8-25-17)15-10-29-21(30-11-15)5-6-26(12-20(21,23)24)18(28)31-19(2,3)4/h7-9,15H,5-6,10-12H2,1-4H3. The maximum atomic E-state index is 15.1. The molecule has 0 atom stereocenters. The number of nitrogens with zero attached hydrogens (tertiary/aromatic N) is 3. The molecule has 2 aliphatic rings. The lowest BCUT2D eigenvalue weighted by atomic mass is 9.98. The van der Waals surface area contributed by atoms with E-state index in [2.05, 4.69) is 20.9 Å². The fraction of sp³-hybridized carbons (Fsp3) is 0.619. The highest BCUT2D eigenvalue weighted by atomic mass is 79.9. The Balaban J connectivity index is 1.48. The van der Waals surface area contributed by atoms with Gasteiger partial charge in [-0.15, -0.1) is 0 Å². The third kappa shape index (κ3) is 4.17. The van der Waals surface area contributed by atoms with Crippen molar-refractivity contribution in [1.82, 2.24) is 14.5 Å². The van der Waals surface area contributed by atoms with Gasteiger partial charge in [-0.1, -0.05) is 0 Å². The molecule has 2 aromatic rings. The van der Waals surface area contributed by atoms with Crippen LogP contribution in [0.1, 0.15) is 38.8 Å². The Hall–Kier alpha value is -1.78. The lowest BCUT2D eigenvalue weighted by Crippen LogP contribution is -2.66. The molecule has 4 heterocycles. The van der Waals surface area contributed by atoms with Crippen LogP contribution in [-0.4, -0.2) is 64.2 Å². The first-order chi connectivity index (χ1) is 14.4. The van der Waals surface area contributed by atoms with Crippen molar-refractivity contribution >= 4 is 33.1 Å². The predicted molar refractivity (Wildman–Crippen MR) is 113 cm³/mol. The number of carbonyl (C=O) groups excluding carboxylic acids is 1. The Labute approximate surface area is 187 Å². The molecule has 170 valence electrons. The number of piperidine rings is 1. The maximum absolute atomic E-state index is 15.1. The second-order valence-corrected chi connectivity index (χ2v) is 10.0. The minimum Gasteiger partial charge on any atom is -0.444 e. The van der Waals surface area contributed by atoms with Crippen LogP contribution in [0.2, 0.25) is 0 Å². The van der Waals surface area contributed by atoms with Crippen molar-refractivity contribution in [2.75, 3.05) is 26.3 Å². The van der Waals surface area contributed by atoms with Crippen LogP contribution in [0.25, 0.3) is 11.0 Å². The highest BCUT2D eigenvalue weighted by molar-refractivity contribution is 9.10. The van der Waals surface area contributed by atoms with E-state index in [1.807, 2.05) is 23.8 Å². The second kappa shape index (κ2) is 7.67. The Morgan fingerprint density at radius 3 is 2.61 bits per heavy atom. The average Bonchev–Trinajstić information content (AvgIpc) is 2.99. The highest BCUT2D eigenvalue weighted by Crippen LogP contribution is 2.44. The van der Waals surface area contributed by atoms with Gasteiger partial charge in [0, 0.05) is 35.2 Å². The maximum Gasteiger partial charge on any atom is 0.410 e. The largest absolute Gasteiger partial charge is 0.444 e. The van der Waals surface area contributed by atoms with Gasteiger partial charge in [-0.2, -0.15) is 8.78 Å². The Kier molecular flexibility index (Phi) is 5.54. The first-order valence-electron chi connectivity index (χ1n) is 10.2. The molecular weight excluding hydrogens is 476 g/mol. The summed E-state index contributed by atoms with van der Waals surface area (Å²) in [6.07, 6.45) is 2.73. The summed E-state index contributed by atoms with van der Waals surface area (Å²) in [5.41, 5.74) is 1.02. The van der Waals surface area contributed by atoms with E-state index in [4.69, 9.17) is 14.2 Å². The molecule has 0 saturated carbocycles. The van der Waals surface area contributed by atoms with Gasteiger partial charge >= 0.3 is 12.0 Å². The van der Waals surface area contributed by atoms with Gasteiger partial charge < -0.3 is 23.7 Å². The summed E-state index contributed by atoms with van der Waals surface area (Å²) in [7, 11) is 0. The zero-order valence-electron chi connectivity index (χ0n) is 18.0. The molecule has 7 nitrogen and oxygen atoms in total. The summed E-state index contributed by atoms with van der Waals surface area (Å²) >= 11 is 3.42. The third-order valence-electron chi connectivity index (χ3n) is 5.56. The quantitative estimate of drug-likeness (QED) is 0.568. The molecule has 10 heteroatoms. The molecule has 0 bridgehead atoms. The van der Waals surface area contributed by atoms with Crippen molar-refractivity contribution in [2.45, 2.75) is 57.5 Å². The number of halogens is 3. The molecule has 0 aromatic carbocycles. The zero-order chi connectivity index (χ0) is 22.6. The number of aryl methyl sites for hydroxylation is 1. The van der Waals surface area contributed by atoms with Crippen molar-refractivity contribution in [1.29, 1.82) is 0 Å². The van der Waals surface area contributed by atoms with E-state index >= 15 is 8.78 Å². The fourth-order valence-corrected chi connectivity index (χ4v) is 4.33. The van der Waals surface area contributed by atoms with E-state index in [-0.39, 0.29) is 32.2 Å². The minimum atomic E-state index is -3.37. The van der Waals surface area contributed by atoms with Gasteiger partial charge in [0.05, 0.1) is 25.8 Å². The molecule has 4 rings (SSSR count). The third-order valence-corrected chi connectivity index (χ3v) is 5.99. The van der Waals surface area contributed by atoms with Crippen molar-refractivity contribution < 1.29 is 27.8 Å². The lowest BCUT2D eigenvalue weighted by Gasteiger charge is -2.49. The smallest absolute Gasteiger partial charge is 0.410 e. The summed E-state index contributed by atoms with van der Waals surface area (Å²) in [4.78, 5) is 17.7. The Bertz CT molecular complexity index is 996. The van der Waals surface area contributed by atoms with Crippen LogP contribution in [0.4, 0.5) is 13.6 Å².